The summed E-state index contributed by atoms with van der Waals surface area (Å²) in [6, 6.07) is -1.08. The van der Waals surface area contributed by atoms with Crippen LogP contribution in [-0.4, -0.2) is 77.6 Å². The number of nitrogens with zero attached hydrogens (tertiary/aromatic N) is 1. The van der Waals surface area contributed by atoms with Crippen molar-refractivity contribution in [2.24, 2.45) is 39.9 Å². The fourth-order valence-corrected chi connectivity index (χ4v) is 4.23. The minimum Gasteiger partial charge on any atom is -0.481 e. The summed E-state index contributed by atoms with van der Waals surface area (Å²) in [5.74, 6) is -5.90. The third-order valence-electron chi connectivity index (χ3n) is 5.82. The summed E-state index contributed by atoms with van der Waals surface area (Å²) in [5.41, 5.74) is 16.6. The van der Waals surface area contributed by atoms with E-state index in [1.165, 1.54) is 6.92 Å². The van der Waals surface area contributed by atoms with Crippen molar-refractivity contribution in [1.82, 2.24) is 10.6 Å². The summed E-state index contributed by atoms with van der Waals surface area (Å²) >= 11 is 0. The van der Waals surface area contributed by atoms with E-state index in [0.717, 1.165) is 12.8 Å². The molecule has 1 aliphatic rings. The first kappa shape index (κ1) is 33.7. The summed E-state index contributed by atoms with van der Waals surface area (Å²) in [6.45, 7) is 6.07. The molecule has 0 spiro atoms. The molecule has 0 aromatic carbocycles. The molecule has 0 aromatic rings. The van der Waals surface area contributed by atoms with Gasteiger partial charge in [-0.15, -0.1) is 0 Å². The number of nitrogens with one attached hydrogen (secondary N) is 2. The normalized spacial score (nSPS) is 21.7. The van der Waals surface area contributed by atoms with Gasteiger partial charge in [0.2, 0.25) is 5.91 Å². The van der Waals surface area contributed by atoms with Gasteiger partial charge >= 0.3 is 24.2 Å². The van der Waals surface area contributed by atoms with Gasteiger partial charge in [0.1, 0.15) is 6.10 Å². The van der Waals surface area contributed by atoms with Gasteiger partial charge in [-0.2, -0.15) is 13.2 Å². The second-order valence-corrected chi connectivity index (χ2v) is 8.42. The summed E-state index contributed by atoms with van der Waals surface area (Å²) < 4.78 is 37.3. The molecule has 5 atom stereocenters. The number of aliphatic carboxylic acids is 2. The number of rotatable bonds is 11. The van der Waals surface area contributed by atoms with Crippen molar-refractivity contribution in [3.8, 4) is 0 Å². The Morgan fingerprint density at radius 1 is 1.14 bits per heavy atom. The third-order valence-corrected chi connectivity index (χ3v) is 5.82. The minimum absolute atomic E-state index is 0.0227. The molecule has 1 rings (SSSR count). The largest absolute Gasteiger partial charge is 0.490 e. The van der Waals surface area contributed by atoms with Crippen LogP contribution < -0.4 is 27.8 Å². The lowest BCUT2D eigenvalue weighted by atomic mass is 9.80. The number of nitrogens with two attached hydrogens (primary N) is 3. The Balaban J connectivity index is 0.00000161. The lowest BCUT2D eigenvalue weighted by Gasteiger charge is -2.36. The number of carbonyl (C=O) groups excluding carboxylic acids is 2. The van der Waals surface area contributed by atoms with Gasteiger partial charge in [0.05, 0.1) is 12.0 Å². The number of ether oxygens (including phenoxy) is 1. The van der Waals surface area contributed by atoms with Crippen molar-refractivity contribution in [1.29, 1.82) is 0 Å². The Morgan fingerprint density at radius 3 is 2.05 bits per heavy atom. The van der Waals surface area contributed by atoms with E-state index in [2.05, 4.69) is 15.6 Å². The molecule has 214 valence electrons. The van der Waals surface area contributed by atoms with E-state index in [4.69, 9.17) is 31.8 Å². The molecule has 0 aromatic heterocycles. The molecule has 37 heavy (non-hydrogen) atoms. The quantitative estimate of drug-likeness (QED) is 0.108. The number of carboxylic acid groups (broad SMARTS) is 2. The van der Waals surface area contributed by atoms with Crippen molar-refractivity contribution in [2.45, 2.75) is 70.8 Å². The highest BCUT2D eigenvalue weighted by Crippen LogP contribution is 2.41. The highest BCUT2D eigenvalue weighted by Gasteiger charge is 2.53. The zero-order valence-corrected chi connectivity index (χ0v) is 21.0. The van der Waals surface area contributed by atoms with E-state index in [9.17, 15) is 32.7 Å². The van der Waals surface area contributed by atoms with E-state index < -0.39 is 54.2 Å². The van der Waals surface area contributed by atoms with Gasteiger partial charge in [-0.05, 0) is 25.3 Å². The number of alkyl halides is 3. The van der Waals surface area contributed by atoms with Crippen LogP contribution in [0.3, 0.4) is 0 Å². The van der Waals surface area contributed by atoms with Crippen molar-refractivity contribution >= 4 is 29.9 Å². The smallest absolute Gasteiger partial charge is 0.481 e. The van der Waals surface area contributed by atoms with E-state index in [1.807, 2.05) is 13.8 Å². The monoisotopic (exact) mass is 542 g/mol. The minimum atomic E-state index is -5.08. The molecule has 0 aliphatic heterocycles. The third kappa shape index (κ3) is 11.5. The number of hydrogen-bond acceptors (Lipinski definition) is 7. The summed E-state index contributed by atoms with van der Waals surface area (Å²) in [6.07, 6.45) is -4.70. The molecule has 1 fully saturated rings. The summed E-state index contributed by atoms with van der Waals surface area (Å²) in [7, 11) is 0. The van der Waals surface area contributed by atoms with E-state index in [-0.39, 0.29) is 24.2 Å². The maximum Gasteiger partial charge on any atom is 0.490 e. The Bertz CT molecular complexity index is 804. The second-order valence-electron chi connectivity index (χ2n) is 8.42. The molecular formula is C21H37F3N6O7. The number of hydrogen-bond donors (Lipinski definition) is 7. The molecule has 0 unspecified atom stereocenters. The number of carboxylic acids is 2. The van der Waals surface area contributed by atoms with Crippen LogP contribution in [0.5, 0.6) is 0 Å². The fourth-order valence-electron chi connectivity index (χ4n) is 4.23. The summed E-state index contributed by atoms with van der Waals surface area (Å²) in [5, 5.41) is 22.4. The van der Waals surface area contributed by atoms with Crippen molar-refractivity contribution in [2.75, 3.05) is 13.1 Å². The topological polar surface area (TPSA) is 232 Å². The second kappa shape index (κ2) is 15.7. The number of carbonyl (C=O) groups is 4. The molecule has 2 amide bonds. The maximum absolute atomic E-state index is 12.3. The number of amides is 2. The first-order valence-corrected chi connectivity index (χ1v) is 11.6. The molecular weight excluding hydrogens is 505 g/mol. The average molecular weight is 543 g/mol. The molecule has 10 N–H and O–H groups in total. The van der Waals surface area contributed by atoms with Gasteiger partial charge in [-0.3, -0.25) is 9.59 Å². The lowest BCUT2D eigenvalue weighted by Crippen LogP contribution is -2.52. The first-order valence-electron chi connectivity index (χ1n) is 11.6. The van der Waals surface area contributed by atoms with Gasteiger partial charge in [0, 0.05) is 25.4 Å². The van der Waals surface area contributed by atoms with E-state index in [1.54, 1.807) is 0 Å². The molecule has 0 heterocycles. The van der Waals surface area contributed by atoms with E-state index in [0.29, 0.717) is 19.5 Å². The van der Waals surface area contributed by atoms with Crippen LogP contribution in [0.25, 0.3) is 0 Å². The van der Waals surface area contributed by atoms with Gasteiger partial charge in [0.25, 0.3) is 0 Å². The van der Waals surface area contributed by atoms with Crippen LogP contribution >= 0.6 is 0 Å². The molecule has 1 saturated carbocycles. The number of alkyl carbamates (subject to hydrolysis) is 1. The predicted molar refractivity (Wildman–Crippen MR) is 126 cm³/mol. The Kier molecular flexibility index (Phi) is 14.3. The van der Waals surface area contributed by atoms with Gasteiger partial charge in [-0.1, -0.05) is 26.7 Å². The molecule has 0 radical (unpaired) electrons. The highest BCUT2D eigenvalue weighted by atomic mass is 19.4. The van der Waals surface area contributed by atoms with Crippen LogP contribution in [-0.2, 0) is 19.1 Å². The molecule has 0 saturated heterocycles. The predicted octanol–water partition coefficient (Wildman–Crippen LogP) is 0.367. The standard InChI is InChI=1S/C19H36N6O5.C2HF3O2/c1-4-11(5-2)15(24-10(3)26)14-13(25-18(21)22)9-12(17(27)28)16(14)30-19(29)23-8-6-7-20;3-2(4,5)1(6)7/h11-16H,4-9,20H2,1-3H3,(H,23,29)(H,24,26)(H,27,28)(H4,21,22,25);(H,6,7)/t12-,13+,14+,15-,16+;/m0./s1. The van der Waals surface area contributed by atoms with Crippen LogP contribution in [0.4, 0.5) is 18.0 Å². The Morgan fingerprint density at radius 2 is 1.68 bits per heavy atom. The van der Waals surface area contributed by atoms with Crippen molar-refractivity contribution in [3.63, 3.8) is 0 Å². The van der Waals surface area contributed by atoms with Gasteiger partial charge in [-0.25, -0.2) is 14.6 Å². The number of aliphatic imine (C=N–C) groups is 1. The maximum atomic E-state index is 12.3. The Hall–Kier alpha value is -3.30. The average Bonchev–Trinajstić information content (AvgIpc) is 3.10. The van der Waals surface area contributed by atoms with Gasteiger partial charge < -0.3 is 42.8 Å². The molecule has 16 heteroatoms. The van der Waals surface area contributed by atoms with Crippen LogP contribution in [0, 0.1) is 17.8 Å². The number of guanidine groups is 1. The van der Waals surface area contributed by atoms with Crippen LogP contribution in [0.1, 0.15) is 46.5 Å². The Labute approximate surface area is 212 Å². The van der Waals surface area contributed by atoms with Crippen LogP contribution in [0.2, 0.25) is 0 Å². The van der Waals surface area contributed by atoms with Crippen molar-refractivity contribution < 1.29 is 47.3 Å². The molecule has 13 nitrogen and oxygen atoms in total. The zero-order valence-electron chi connectivity index (χ0n) is 21.0. The zero-order chi connectivity index (χ0) is 28.9. The highest BCUT2D eigenvalue weighted by molar-refractivity contribution is 5.77. The first-order chi connectivity index (χ1) is 17.1. The summed E-state index contributed by atoms with van der Waals surface area (Å²) in [4.78, 5) is 49.4. The van der Waals surface area contributed by atoms with Crippen LogP contribution in [0.15, 0.2) is 4.99 Å². The SMILES string of the molecule is CCC(CC)[C@H](NC(C)=O)[C@@H]1[C@H](OC(=O)NCCCN)[C@@H](C(=O)O)C[C@H]1N=C(N)N.O=C(O)C(F)(F)F. The van der Waals surface area contributed by atoms with Crippen molar-refractivity contribution in [3.05, 3.63) is 0 Å². The number of halogens is 3. The lowest BCUT2D eigenvalue weighted by molar-refractivity contribution is -0.192. The van der Waals surface area contributed by atoms with Gasteiger partial charge in [0.15, 0.2) is 5.96 Å². The van der Waals surface area contributed by atoms with E-state index >= 15 is 0 Å². The fraction of sp³-hybridized carbons (Fsp3) is 0.762. The molecule has 1 aliphatic carbocycles. The molecule has 0 bridgehead atoms.